The predicted molar refractivity (Wildman–Crippen MR) is 78.5 cm³/mol. The second-order valence-electron chi connectivity index (χ2n) is 5.97. The first-order chi connectivity index (χ1) is 8.48. The van der Waals surface area contributed by atoms with Gasteiger partial charge in [0.25, 0.3) is 0 Å². The molecule has 2 nitrogen and oxygen atoms in total. The van der Waals surface area contributed by atoms with Crippen LogP contribution in [0.15, 0.2) is 0 Å². The Bertz CT molecular complexity index is 172. The Balaban J connectivity index is 3.17. The minimum atomic E-state index is -1.50. The topological polar surface area (TPSA) is 40.5 Å². The van der Waals surface area contributed by atoms with Gasteiger partial charge in [0.2, 0.25) is 0 Å². The van der Waals surface area contributed by atoms with Crippen LogP contribution in [0.25, 0.3) is 0 Å². The maximum Gasteiger partial charge on any atom is 0.162 e. The summed E-state index contributed by atoms with van der Waals surface area (Å²) in [5.41, 5.74) is 0. The molecule has 0 aliphatic rings. The van der Waals surface area contributed by atoms with Crippen molar-refractivity contribution >= 4 is 0 Å². The average molecular weight is 258 g/mol. The molecule has 2 N–H and O–H groups in total. The summed E-state index contributed by atoms with van der Waals surface area (Å²) in [6.07, 6.45) is 14.2. The second kappa shape index (κ2) is 10.8. The van der Waals surface area contributed by atoms with Crippen molar-refractivity contribution in [3.63, 3.8) is 0 Å². The summed E-state index contributed by atoms with van der Waals surface area (Å²) in [6, 6.07) is 0. The normalized spacial score (nSPS) is 13.8. The van der Waals surface area contributed by atoms with Crippen LogP contribution in [0.2, 0.25) is 0 Å². The zero-order valence-electron chi connectivity index (χ0n) is 12.7. The van der Waals surface area contributed by atoms with Gasteiger partial charge in [-0.2, -0.15) is 0 Å². The van der Waals surface area contributed by atoms with Crippen LogP contribution in [0.4, 0.5) is 0 Å². The molecule has 0 aromatic rings. The quantitative estimate of drug-likeness (QED) is 0.395. The Kier molecular flexibility index (Phi) is 10.8. The molecule has 0 aromatic heterocycles. The molecule has 0 radical (unpaired) electrons. The van der Waals surface area contributed by atoms with Crippen LogP contribution in [-0.4, -0.2) is 16.0 Å². The van der Waals surface area contributed by atoms with E-state index in [4.69, 9.17) is 0 Å². The van der Waals surface area contributed by atoms with Crippen LogP contribution < -0.4 is 0 Å². The Morgan fingerprint density at radius 2 is 1.17 bits per heavy atom. The van der Waals surface area contributed by atoms with Gasteiger partial charge in [-0.3, -0.25) is 0 Å². The van der Waals surface area contributed by atoms with E-state index < -0.39 is 5.79 Å². The van der Waals surface area contributed by atoms with Gasteiger partial charge in [-0.25, -0.2) is 0 Å². The number of unbranched alkanes of at least 4 members (excludes halogenated alkanes) is 9. The smallest absolute Gasteiger partial charge is 0.162 e. The Labute approximate surface area is 114 Å². The van der Waals surface area contributed by atoms with Crippen molar-refractivity contribution in [2.75, 3.05) is 0 Å². The number of aliphatic hydroxyl groups is 2. The van der Waals surface area contributed by atoms with Crippen molar-refractivity contribution in [2.45, 2.75) is 97.2 Å². The molecule has 0 rings (SSSR count). The molecule has 0 spiro atoms. The lowest BCUT2D eigenvalue weighted by molar-refractivity contribution is -0.182. The fourth-order valence-corrected chi connectivity index (χ4v) is 2.21. The Hall–Kier alpha value is -0.0800. The van der Waals surface area contributed by atoms with Crippen molar-refractivity contribution in [2.24, 2.45) is 5.92 Å². The van der Waals surface area contributed by atoms with Gasteiger partial charge in [0, 0.05) is 5.92 Å². The van der Waals surface area contributed by atoms with Gasteiger partial charge >= 0.3 is 0 Å². The van der Waals surface area contributed by atoms with Crippen LogP contribution in [0.1, 0.15) is 91.4 Å². The van der Waals surface area contributed by atoms with Crippen LogP contribution in [0.3, 0.4) is 0 Å². The van der Waals surface area contributed by atoms with E-state index in [0.717, 1.165) is 12.8 Å². The Morgan fingerprint density at radius 3 is 1.56 bits per heavy atom. The number of rotatable bonds is 12. The molecule has 0 bridgehead atoms. The lowest BCUT2D eigenvalue weighted by Crippen LogP contribution is -2.31. The van der Waals surface area contributed by atoms with E-state index in [1.165, 1.54) is 64.7 Å². The summed E-state index contributed by atoms with van der Waals surface area (Å²) in [6.45, 7) is 5.65. The minimum absolute atomic E-state index is 0.0217. The zero-order valence-corrected chi connectivity index (χ0v) is 12.7. The molecule has 18 heavy (non-hydrogen) atoms. The largest absolute Gasteiger partial charge is 0.366 e. The molecule has 0 aliphatic heterocycles. The summed E-state index contributed by atoms with van der Waals surface area (Å²) in [5, 5.41) is 18.8. The fraction of sp³-hybridized carbons (Fsp3) is 1.00. The molecule has 110 valence electrons. The van der Waals surface area contributed by atoms with E-state index in [-0.39, 0.29) is 5.92 Å². The fourth-order valence-electron chi connectivity index (χ4n) is 2.21. The molecule has 0 aliphatic carbocycles. The van der Waals surface area contributed by atoms with Gasteiger partial charge in [-0.1, -0.05) is 78.1 Å². The summed E-state index contributed by atoms with van der Waals surface area (Å²) < 4.78 is 0. The first-order valence-electron chi connectivity index (χ1n) is 7.93. The predicted octanol–water partition coefficient (Wildman–Crippen LogP) is 4.63. The van der Waals surface area contributed by atoms with Gasteiger partial charge in [-0.05, 0) is 13.3 Å². The highest BCUT2D eigenvalue weighted by molar-refractivity contribution is 4.66. The molecule has 1 unspecified atom stereocenters. The van der Waals surface area contributed by atoms with E-state index in [1.54, 1.807) is 0 Å². The monoisotopic (exact) mass is 258 g/mol. The summed E-state index contributed by atoms with van der Waals surface area (Å²) in [7, 11) is 0. The molecule has 0 heterocycles. The molecule has 0 fully saturated rings. The molecule has 0 saturated heterocycles. The standard InChI is InChI=1S/C16H34O2/c1-4-5-6-7-8-9-10-11-12-13-14-15(2)16(3,17)18/h15,17-18H,4-14H2,1-3H3. The second-order valence-corrected chi connectivity index (χ2v) is 5.97. The number of hydrogen-bond acceptors (Lipinski definition) is 2. The summed E-state index contributed by atoms with van der Waals surface area (Å²) in [4.78, 5) is 0. The highest BCUT2D eigenvalue weighted by Gasteiger charge is 2.23. The van der Waals surface area contributed by atoms with Gasteiger partial charge in [0.1, 0.15) is 0 Å². The zero-order chi connectivity index (χ0) is 13.9. The van der Waals surface area contributed by atoms with E-state index in [2.05, 4.69) is 6.92 Å². The van der Waals surface area contributed by atoms with E-state index in [0.29, 0.717) is 0 Å². The molecule has 1 atom stereocenters. The maximum atomic E-state index is 9.39. The van der Waals surface area contributed by atoms with Crippen molar-refractivity contribution in [1.29, 1.82) is 0 Å². The van der Waals surface area contributed by atoms with Gasteiger partial charge in [0.05, 0.1) is 0 Å². The molecule has 2 heteroatoms. The lowest BCUT2D eigenvalue weighted by Gasteiger charge is -2.24. The van der Waals surface area contributed by atoms with Gasteiger partial charge in [0.15, 0.2) is 5.79 Å². The highest BCUT2D eigenvalue weighted by Crippen LogP contribution is 2.20. The summed E-state index contributed by atoms with van der Waals surface area (Å²) >= 11 is 0. The first kappa shape index (κ1) is 17.9. The van der Waals surface area contributed by atoms with Gasteiger partial charge in [-0.15, -0.1) is 0 Å². The molecular weight excluding hydrogens is 224 g/mol. The lowest BCUT2D eigenvalue weighted by atomic mass is 9.95. The molecule has 0 saturated carbocycles. The summed E-state index contributed by atoms with van der Waals surface area (Å²) in [5.74, 6) is -1.52. The highest BCUT2D eigenvalue weighted by atomic mass is 16.5. The SMILES string of the molecule is CCCCCCCCCCCCC(C)C(C)(O)O. The van der Waals surface area contributed by atoms with E-state index in [9.17, 15) is 10.2 Å². The number of hydrogen-bond donors (Lipinski definition) is 2. The molecule has 0 amide bonds. The van der Waals surface area contributed by atoms with Crippen LogP contribution >= 0.6 is 0 Å². The van der Waals surface area contributed by atoms with Crippen molar-refractivity contribution in [3.8, 4) is 0 Å². The van der Waals surface area contributed by atoms with Crippen LogP contribution in [0.5, 0.6) is 0 Å². The van der Waals surface area contributed by atoms with E-state index in [1.807, 2.05) is 6.92 Å². The maximum absolute atomic E-state index is 9.39. The Morgan fingerprint density at radius 1 is 0.778 bits per heavy atom. The third-order valence-electron chi connectivity index (χ3n) is 3.92. The van der Waals surface area contributed by atoms with Crippen LogP contribution in [-0.2, 0) is 0 Å². The van der Waals surface area contributed by atoms with Crippen LogP contribution in [0, 0.1) is 5.92 Å². The molecular formula is C16H34O2. The molecule has 0 aromatic carbocycles. The van der Waals surface area contributed by atoms with Crippen molar-refractivity contribution in [3.05, 3.63) is 0 Å². The van der Waals surface area contributed by atoms with Crippen molar-refractivity contribution in [1.82, 2.24) is 0 Å². The minimum Gasteiger partial charge on any atom is -0.366 e. The average Bonchev–Trinajstić information content (AvgIpc) is 2.30. The van der Waals surface area contributed by atoms with Crippen molar-refractivity contribution < 1.29 is 10.2 Å². The van der Waals surface area contributed by atoms with Gasteiger partial charge < -0.3 is 10.2 Å². The van der Waals surface area contributed by atoms with E-state index >= 15 is 0 Å². The third kappa shape index (κ3) is 11.0. The first-order valence-corrected chi connectivity index (χ1v) is 7.93. The third-order valence-corrected chi connectivity index (χ3v) is 3.92.